The van der Waals surface area contributed by atoms with Gasteiger partial charge in [0.15, 0.2) is 0 Å². The van der Waals surface area contributed by atoms with Gasteiger partial charge < -0.3 is 14.6 Å². The highest BCUT2D eigenvalue weighted by Crippen LogP contribution is 2.26. The maximum atomic E-state index is 12.3. The van der Waals surface area contributed by atoms with Gasteiger partial charge >= 0.3 is 0 Å². The van der Waals surface area contributed by atoms with E-state index in [2.05, 4.69) is 15.5 Å². The molecule has 146 valence electrons. The second-order valence-electron chi connectivity index (χ2n) is 6.20. The monoisotopic (exact) mass is 416 g/mol. The number of anilines is 1. The van der Waals surface area contributed by atoms with E-state index in [4.69, 9.17) is 4.42 Å². The quantitative estimate of drug-likeness (QED) is 0.592. The van der Waals surface area contributed by atoms with Gasteiger partial charge in [-0.2, -0.15) is 0 Å². The van der Waals surface area contributed by atoms with E-state index in [1.54, 1.807) is 7.05 Å². The summed E-state index contributed by atoms with van der Waals surface area (Å²) < 4.78 is 5.55. The first-order valence-corrected chi connectivity index (χ1v) is 10.4. The molecule has 2 heterocycles. The van der Waals surface area contributed by atoms with Gasteiger partial charge in [-0.25, -0.2) is 0 Å². The molecular formula is C19H20N4O3S2. The fraction of sp³-hybridized carbons (Fsp3) is 0.263. The molecule has 0 aliphatic heterocycles. The number of thioether (sulfide) groups is 1. The van der Waals surface area contributed by atoms with Gasteiger partial charge in [0.1, 0.15) is 0 Å². The predicted molar refractivity (Wildman–Crippen MR) is 111 cm³/mol. The first kappa shape index (κ1) is 20.1. The Morgan fingerprint density at radius 2 is 1.93 bits per heavy atom. The first-order valence-electron chi connectivity index (χ1n) is 8.54. The standard InChI is InChI=1S/C19H20N4O3S2/c1-12-6-4-7-13(2)17(12)20-15(24)10-23(3)16(25)11-28-19-22-21-18(26-19)14-8-5-9-27-14/h4-9H,10-11H2,1-3H3,(H,20,24). The molecule has 0 atom stereocenters. The molecule has 0 spiro atoms. The summed E-state index contributed by atoms with van der Waals surface area (Å²) in [6, 6.07) is 9.60. The maximum absolute atomic E-state index is 12.3. The third-order valence-corrected chi connectivity index (χ3v) is 5.67. The van der Waals surface area contributed by atoms with Gasteiger partial charge in [-0.15, -0.1) is 21.5 Å². The van der Waals surface area contributed by atoms with Crippen LogP contribution in [0.4, 0.5) is 5.69 Å². The van der Waals surface area contributed by atoms with E-state index >= 15 is 0 Å². The van der Waals surface area contributed by atoms with Crippen LogP contribution in [0, 0.1) is 13.8 Å². The summed E-state index contributed by atoms with van der Waals surface area (Å²) in [6.07, 6.45) is 0. The molecule has 2 amide bonds. The van der Waals surface area contributed by atoms with Gasteiger partial charge in [-0.1, -0.05) is 36.0 Å². The van der Waals surface area contributed by atoms with Crippen molar-refractivity contribution in [1.29, 1.82) is 0 Å². The highest BCUT2D eigenvalue weighted by Gasteiger charge is 2.17. The molecule has 3 rings (SSSR count). The third-order valence-electron chi connectivity index (χ3n) is 4.01. The molecule has 28 heavy (non-hydrogen) atoms. The molecule has 0 radical (unpaired) electrons. The van der Waals surface area contributed by atoms with Crippen LogP contribution in [-0.4, -0.2) is 46.3 Å². The minimum atomic E-state index is -0.240. The number of para-hydroxylation sites is 1. The number of nitrogens with zero attached hydrogens (tertiary/aromatic N) is 3. The minimum absolute atomic E-state index is 0.0303. The predicted octanol–water partition coefficient (Wildman–Crippen LogP) is 3.60. The Morgan fingerprint density at radius 1 is 1.18 bits per heavy atom. The second-order valence-corrected chi connectivity index (χ2v) is 8.08. The lowest BCUT2D eigenvalue weighted by atomic mass is 10.1. The van der Waals surface area contributed by atoms with Crippen molar-refractivity contribution in [3.63, 3.8) is 0 Å². The van der Waals surface area contributed by atoms with Crippen LogP contribution in [0.1, 0.15) is 11.1 Å². The van der Waals surface area contributed by atoms with Crippen LogP contribution >= 0.6 is 23.1 Å². The summed E-state index contributed by atoms with van der Waals surface area (Å²) in [5.74, 6) is 0.110. The maximum Gasteiger partial charge on any atom is 0.277 e. The zero-order valence-electron chi connectivity index (χ0n) is 15.8. The van der Waals surface area contributed by atoms with Crippen LogP contribution in [0.2, 0.25) is 0 Å². The number of amides is 2. The minimum Gasteiger partial charge on any atom is -0.410 e. The molecule has 0 bridgehead atoms. The molecule has 1 aromatic carbocycles. The fourth-order valence-corrected chi connectivity index (χ4v) is 3.84. The number of hydrogen-bond acceptors (Lipinski definition) is 7. The lowest BCUT2D eigenvalue weighted by Crippen LogP contribution is -2.36. The third kappa shape index (κ3) is 4.99. The van der Waals surface area contributed by atoms with Crippen LogP contribution in [0.3, 0.4) is 0 Å². The molecule has 0 fully saturated rings. The van der Waals surface area contributed by atoms with Crippen molar-refractivity contribution in [2.24, 2.45) is 0 Å². The van der Waals surface area contributed by atoms with E-state index in [0.717, 1.165) is 33.5 Å². The Hall–Kier alpha value is -2.65. The Bertz CT molecular complexity index is 949. The van der Waals surface area contributed by atoms with E-state index in [1.165, 1.54) is 16.2 Å². The number of aryl methyl sites for hydroxylation is 2. The van der Waals surface area contributed by atoms with Crippen molar-refractivity contribution < 1.29 is 14.0 Å². The number of rotatable bonds is 7. The van der Waals surface area contributed by atoms with Gasteiger partial charge in [-0.3, -0.25) is 9.59 Å². The Kier molecular flexibility index (Phi) is 6.48. The second kappa shape index (κ2) is 9.03. The van der Waals surface area contributed by atoms with Crippen LogP contribution < -0.4 is 5.32 Å². The molecule has 0 aliphatic carbocycles. The number of hydrogen-bond donors (Lipinski definition) is 1. The fourth-order valence-electron chi connectivity index (χ4n) is 2.50. The SMILES string of the molecule is Cc1cccc(C)c1NC(=O)CN(C)C(=O)CSc1nnc(-c2cccs2)o1. The topological polar surface area (TPSA) is 88.3 Å². The lowest BCUT2D eigenvalue weighted by Gasteiger charge is -2.17. The van der Waals surface area contributed by atoms with E-state index in [1.807, 2.05) is 49.6 Å². The van der Waals surface area contributed by atoms with Crippen molar-refractivity contribution in [2.45, 2.75) is 19.1 Å². The van der Waals surface area contributed by atoms with Crippen LogP contribution in [-0.2, 0) is 9.59 Å². The summed E-state index contributed by atoms with van der Waals surface area (Å²) in [7, 11) is 1.60. The number of nitrogens with one attached hydrogen (secondary N) is 1. The Morgan fingerprint density at radius 3 is 2.61 bits per heavy atom. The molecule has 0 unspecified atom stereocenters. The summed E-state index contributed by atoms with van der Waals surface area (Å²) in [5.41, 5.74) is 2.75. The van der Waals surface area contributed by atoms with Crippen molar-refractivity contribution in [1.82, 2.24) is 15.1 Å². The van der Waals surface area contributed by atoms with Crippen molar-refractivity contribution in [3.8, 4) is 10.8 Å². The van der Waals surface area contributed by atoms with Gasteiger partial charge in [0, 0.05) is 12.7 Å². The number of likely N-dealkylation sites (N-methyl/N-ethyl adjacent to an activating group) is 1. The van der Waals surface area contributed by atoms with Crippen LogP contribution in [0.15, 0.2) is 45.4 Å². The molecule has 0 saturated heterocycles. The van der Waals surface area contributed by atoms with E-state index in [0.29, 0.717) is 11.1 Å². The van der Waals surface area contributed by atoms with Crippen LogP contribution in [0.25, 0.3) is 10.8 Å². The smallest absolute Gasteiger partial charge is 0.277 e. The number of carbonyl (C=O) groups is 2. The Balaban J connectivity index is 1.50. The summed E-state index contributed by atoms with van der Waals surface area (Å²) in [6.45, 7) is 3.84. The molecule has 0 saturated carbocycles. The highest BCUT2D eigenvalue weighted by atomic mass is 32.2. The number of aromatic nitrogens is 2. The summed E-state index contributed by atoms with van der Waals surface area (Å²) in [5, 5.41) is 13.0. The molecule has 0 aliphatic rings. The normalized spacial score (nSPS) is 10.7. The van der Waals surface area contributed by atoms with Crippen molar-refractivity contribution >= 4 is 40.6 Å². The molecule has 9 heteroatoms. The van der Waals surface area contributed by atoms with Crippen molar-refractivity contribution in [3.05, 3.63) is 46.8 Å². The van der Waals surface area contributed by atoms with E-state index in [9.17, 15) is 9.59 Å². The van der Waals surface area contributed by atoms with Gasteiger partial charge in [0.25, 0.3) is 11.1 Å². The Labute approximate surface area is 171 Å². The number of benzene rings is 1. The van der Waals surface area contributed by atoms with Crippen LogP contribution in [0.5, 0.6) is 0 Å². The molecule has 3 aromatic rings. The number of carbonyl (C=O) groups excluding carboxylic acids is 2. The lowest BCUT2D eigenvalue weighted by molar-refractivity contribution is -0.131. The van der Waals surface area contributed by atoms with Gasteiger partial charge in [-0.05, 0) is 36.4 Å². The van der Waals surface area contributed by atoms with E-state index < -0.39 is 0 Å². The zero-order chi connectivity index (χ0) is 20.1. The molecule has 2 aromatic heterocycles. The summed E-state index contributed by atoms with van der Waals surface area (Å²) >= 11 is 2.66. The highest BCUT2D eigenvalue weighted by molar-refractivity contribution is 7.99. The zero-order valence-corrected chi connectivity index (χ0v) is 17.4. The summed E-state index contributed by atoms with van der Waals surface area (Å²) in [4.78, 5) is 26.9. The van der Waals surface area contributed by atoms with Gasteiger partial charge in [0.05, 0.1) is 17.2 Å². The van der Waals surface area contributed by atoms with Gasteiger partial charge in [0.2, 0.25) is 11.8 Å². The molecular weight excluding hydrogens is 396 g/mol. The molecule has 7 nitrogen and oxygen atoms in total. The first-order chi connectivity index (χ1) is 13.4. The molecule has 1 N–H and O–H groups in total. The van der Waals surface area contributed by atoms with E-state index in [-0.39, 0.29) is 24.1 Å². The average Bonchev–Trinajstić information content (AvgIpc) is 3.34. The number of thiophene rings is 1. The van der Waals surface area contributed by atoms with Crippen molar-refractivity contribution in [2.75, 3.05) is 24.7 Å². The largest absolute Gasteiger partial charge is 0.410 e. The average molecular weight is 417 g/mol.